The number of aromatic nitrogens is 2. The minimum absolute atomic E-state index is 0.674. The molecule has 1 aliphatic heterocycles. The molecule has 0 saturated carbocycles. The molecular formula is C26H35N5. The molecule has 2 aromatic heterocycles. The Morgan fingerprint density at radius 3 is 2.81 bits per heavy atom. The fourth-order valence-corrected chi connectivity index (χ4v) is 5.26. The van der Waals surface area contributed by atoms with Crippen LogP contribution in [-0.2, 0) is 6.42 Å². The molecule has 3 aromatic rings. The van der Waals surface area contributed by atoms with Crippen LogP contribution in [0.25, 0.3) is 16.7 Å². The van der Waals surface area contributed by atoms with Gasteiger partial charge in [0.25, 0.3) is 0 Å². The number of rotatable bonds is 8. The summed E-state index contributed by atoms with van der Waals surface area (Å²) < 4.78 is 2.19. The number of hydrogen-bond acceptors (Lipinski definition) is 4. The largest absolute Gasteiger partial charge is 0.369 e. The van der Waals surface area contributed by atoms with Gasteiger partial charge in [0.05, 0.1) is 16.8 Å². The highest BCUT2D eigenvalue weighted by Crippen LogP contribution is 2.40. The number of pyridine rings is 1. The van der Waals surface area contributed by atoms with Gasteiger partial charge < -0.3 is 9.80 Å². The monoisotopic (exact) mass is 417 g/mol. The second-order valence-electron chi connectivity index (χ2n) is 9.35. The summed E-state index contributed by atoms with van der Waals surface area (Å²) in [7, 11) is 4.33. The molecule has 1 aromatic carbocycles. The molecule has 31 heavy (non-hydrogen) atoms. The maximum absolute atomic E-state index is 10.1. The van der Waals surface area contributed by atoms with Gasteiger partial charge >= 0.3 is 0 Å². The zero-order valence-corrected chi connectivity index (χ0v) is 19.5. The smallest absolute Gasteiger partial charge is 0.138 e. The third-order valence-corrected chi connectivity index (χ3v) is 6.72. The number of fused-ring (bicyclic) bond motifs is 3. The Morgan fingerprint density at radius 2 is 2.06 bits per heavy atom. The van der Waals surface area contributed by atoms with Crippen molar-refractivity contribution in [2.75, 3.05) is 38.6 Å². The maximum atomic E-state index is 10.1. The number of hydrogen-bond donors (Lipinski definition) is 0. The van der Waals surface area contributed by atoms with E-state index in [1.54, 1.807) is 0 Å². The van der Waals surface area contributed by atoms with Crippen LogP contribution in [0.3, 0.4) is 0 Å². The number of benzene rings is 1. The first-order valence-corrected chi connectivity index (χ1v) is 11.8. The average molecular weight is 418 g/mol. The lowest BCUT2D eigenvalue weighted by molar-refractivity contribution is 0.340. The predicted molar refractivity (Wildman–Crippen MR) is 129 cm³/mol. The van der Waals surface area contributed by atoms with E-state index in [4.69, 9.17) is 4.98 Å². The summed E-state index contributed by atoms with van der Waals surface area (Å²) in [4.78, 5) is 9.79. The van der Waals surface area contributed by atoms with Crippen LogP contribution in [0.5, 0.6) is 0 Å². The summed E-state index contributed by atoms with van der Waals surface area (Å²) in [6.45, 7) is 7.65. The van der Waals surface area contributed by atoms with Crippen molar-refractivity contribution in [1.29, 1.82) is 5.26 Å². The van der Waals surface area contributed by atoms with Gasteiger partial charge in [-0.3, -0.25) is 4.40 Å². The van der Waals surface area contributed by atoms with Crippen molar-refractivity contribution >= 4 is 22.4 Å². The molecule has 0 bridgehead atoms. The van der Waals surface area contributed by atoms with Gasteiger partial charge in [-0.05, 0) is 69.5 Å². The van der Waals surface area contributed by atoms with Gasteiger partial charge in [0.2, 0.25) is 0 Å². The van der Waals surface area contributed by atoms with Crippen LogP contribution in [0, 0.1) is 24.2 Å². The Balaban J connectivity index is 1.89. The van der Waals surface area contributed by atoms with Crippen LogP contribution in [0.2, 0.25) is 0 Å². The molecule has 164 valence electrons. The molecule has 3 heterocycles. The van der Waals surface area contributed by atoms with Crippen molar-refractivity contribution in [1.82, 2.24) is 14.3 Å². The molecule has 0 N–H and O–H groups in total. The first-order chi connectivity index (χ1) is 15.0. The fraction of sp³-hybridized carbons (Fsp3) is 0.538. The number of nitriles is 1. The molecule has 1 fully saturated rings. The number of unbranched alkanes of at least 4 members (excludes halogenated alkanes) is 3. The number of anilines is 1. The molecule has 4 rings (SSSR count). The molecule has 0 radical (unpaired) electrons. The molecule has 1 aliphatic rings. The highest BCUT2D eigenvalue weighted by Gasteiger charge is 2.29. The Labute approximate surface area is 186 Å². The summed E-state index contributed by atoms with van der Waals surface area (Å²) in [6.07, 6.45) is 9.26. The van der Waals surface area contributed by atoms with E-state index in [0.717, 1.165) is 53.9 Å². The Hall–Kier alpha value is -2.58. The fourth-order valence-electron chi connectivity index (χ4n) is 5.26. The average Bonchev–Trinajstić information content (AvgIpc) is 3.35. The third-order valence-electron chi connectivity index (χ3n) is 6.72. The van der Waals surface area contributed by atoms with E-state index in [1.165, 1.54) is 43.4 Å². The zero-order valence-electron chi connectivity index (χ0n) is 19.5. The van der Waals surface area contributed by atoms with Gasteiger partial charge in [0.15, 0.2) is 0 Å². The second kappa shape index (κ2) is 9.28. The van der Waals surface area contributed by atoms with Gasteiger partial charge in [-0.15, -0.1) is 0 Å². The molecule has 0 amide bonds. The summed E-state index contributed by atoms with van der Waals surface area (Å²) in [5, 5.41) is 10.1. The second-order valence-corrected chi connectivity index (χ2v) is 9.35. The van der Waals surface area contributed by atoms with Crippen LogP contribution in [0.4, 0.5) is 5.69 Å². The third kappa shape index (κ3) is 4.14. The van der Waals surface area contributed by atoms with Crippen LogP contribution < -0.4 is 4.90 Å². The summed E-state index contributed by atoms with van der Waals surface area (Å²) in [5.41, 5.74) is 7.45. The highest BCUT2D eigenvalue weighted by atomic mass is 15.2. The number of nitrogens with zero attached hydrogens (tertiary/aromatic N) is 5. The van der Waals surface area contributed by atoms with Gasteiger partial charge in [-0.2, -0.15) is 5.26 Å². The Bertz CT molecular complexity index is 1100. The first kappa shape index (κ1) is 21.6. The highest BCUT2D eigenvalue weighted by molar-refractivity contribution is 5.98. The minimum atomic E-state index is 0.674. The van der Waals surface area contributed by atoms with Crippen molar-refractivity contribution in [3.05, 3.63) is 41.1 Å². The molecule has 5 heteroatoms. The zero-order chi connectivity index (χ0) is 22.0. The van der Waals surface area contributed by atoms with Crippen molar-refractivity contribution in [3.8, 4) is 6.07 Å². The van der Waals surface area contributed by atoms with E-state index >= 15 is 0 Å². The van der Waals surface area contributed by atoms with Crippen LogP contribution in [-0.4, -0.2) is 48.0 Å². The lowest BCUT2D eigenvalue weighted by Gasteiger charge is -2.26. The van der Waals surface area contributed by atoms with E-state index in [0.29, 0.717) is 5.92 Å². The minimum Gasteiger partial charge on any atom is -0.369 e. The Kier molecular flexibility index (Phi) is 6.48. The van der Waals surface area contributed by atoms with Gasteiger partial charge in [0.1, 0.15) is 17.2 Å². The molecular weight excluding hydrogens is 382 g/mol. The van der Waals surface area contributed by atoms with Crippen molar-refractivity contribution in [2.24, 2.45) is 5.92 Å². The lowest BCUT2D eigenvalue weighted by Crippen LogP contribution is -2.27. The van der Waals surface area contributed by atoms with Gasteiger partial charge in [-0.25, -0.2) is 4.98 Å². The first-order valence-electron chi connectivity index (χ1n) is 11.8. The van der Waals surface area contributed by atoms with E-state index in [2.05, 4.69) is 60.5 Å². The van der Waals surface area contributed by atoms with Crippen LogP contribution in [0.15, 0.2) is 24.4 Å². The van der Waals surface area contributed by atoms with Crippen LogP contribution >= 0.6 is 0 Å². The molecule has 1 unspecified atom stereocenters. The van der Waals surface area contributed by atoms with E-state index in [1.807, 2.05) is 12.1 Å². The standard InChI is InChI=1S/C26H35N5/c1-5-6-7-8-11-21-19(2)22(16-27)24-26(31-14-10-9-12-23(31)28-24)25(21)30-15-13-20(18-30)17-29(3)4/h9-10,12,14,20H,5-8,11,13,15,17-18H2,1-4H3. The predicted octanol–water partition coefficient (Wildman–Crippen LogP) is 5.18. The van der Waals surface area contributed by atoms with Crippen molar-refractivity contribution < 1.29 is 0 Å². The molecule has 0 spiro atoms. The normalized spacial score (nSPS) is 16.6. The van der Waals surface area contributed by atoms with Gasteiger partial charge in [-0.1, -0.05) is 32.3 Å². The van der Waals surface area contributed by atoms with Gasteiger partial charge in [0, 0.05) is 25.8 Å². The topological polar surface area (TPSA) is 47.6 Å². The summed E-state index contributed by atoms with van der Waals surface area (Å²) in [6, 6.07) is 8.62. The molecule has 1 saturated heterocycles. The lowest BCUT2D eigenvalue weighted by atomic mass is 9.93. The van der Waals surface area contributed by atoms with Crippen molar-refractivity contribution in [3.63, 3.8) is 0 Å². The maximum Gasteiger partial charge on any atom is 0.138 e. The van der Waals surface area contributed by atoms with E-state index in [9.17, 15) is 5.26 Å². The molecule has 1 atom stereocenters. The van der Waals surface area contributed by atoms with Crippen LogP contribution in [0.1, 0.15) is 55.7 Å². The SMILES string of the molecule is CCCCCCc1c(C)c(C#N)c2nc3ccccn3c2c1N1CCC(CN(C)C)C1. The molecule has 5 nitrogen and oxygen atoms in total. The Morgan fingerprint density at radius 1 is 1.23 bits per heavy atom. The summed E-state index contributed by atoms with van der Waals surface area (Å²) in [5.74, 6) is 0.674. The number of imidazole rings is 1. The van der Waals surface area contributed by atoms with E-state index < -0.39 is 0 Å². The van der Waals surface area contributed by atoms with Crippen molar-refractivity contribution in [2.45, 2.75) is 52.4 Å². The molecule has 0 aliphatic carbocycles. The quantitative estimate of drug-likeness (QED) is 0.474. The van der Waals surface area contributed by atoms with E-state index in [-0.39, 0.29) is 0 Å². The summed E-state index contributed by atoms with van der Waals surface area (Å²) >= 11 is 0.